The lowest BCUT2D eigenvalue weighted by atomic mass is 9.77. The van der Waals surface area contributed by atoms with Gasteiger partial charge in [0, 0.05) is 0 Å². The summed E-state index contributed by atoms with van der Waals surface area (Å²) in [6.45, 7) is 8.00. The van der Waals surface area contributed by atoms with Gasteiger partial charge in [0.1, 0.15) is 26.4 Å². The number of carbonyl (C=O) groups excluding carboxylic acids is 2. The molecule has 1 aliphatic rings. The molecular weight excluding hydrogens is 632 g/mol. The van der Waals surface area contributed by atoms with Gasteiger partial charge in [-0.3, -0.25) is 4.79 Å². The van der Waals surface area contributed by atoms with E-state index in [1.165, 1.54) is 49.7 Å². The molecule has 50 heavy (non-hydrogen) atoms. The van der Waals surface area contributed by atoms with Crippen LogP contribution in [0.2, 0.25) is 0 Å². The summed E-state index contributed by atoms with van der Waals surface area (Å²) in [4.78, 5) is 24.0. The monoisotopic (exact) mass is 684 g/mol. The van der Waals surface area contributed by atoms with Crippen molar-refractivity contribution in [1.29, 1.82) is 0 Å². The van der Waals surface area contributed by atoms with E-state index in [9.17, 15) is 14.7 Å². The maximum atomic E-state index is 12.2. The van der Waals surface area contributed by atoms with Crippen molar-refractivity contribution in [1.82, 2.24) is 0 Å². The Kier molecular flexibility index (Phi) is 14.7. The van der Waals surface area contributed by atoms with Crippen molar-refractivity contribution < 1.29 is 38.7 Å². The molecule has 0 bridgehead atoms. The van der Waals surface area contributed by atoms with Gasteiger partial charge in [0.05, 0.1) is 24.2 Å². The summed E-state index contributed by atoms with van der Waals surface area (Å²) in [6, 6.07) is 23.0. The number of ether oxygens (including phenoxy) is 4. The first-order chi connectivity index (χ1) is 24.1. The molecule has 3 aromatic rings. The first-order valence-corrected chi connectivity index (χ1v) is 17.6. The summed E-state index contributed by atoms with van der Waals surface area (Å²) in [5, 5.41) is 18.5. The molecule has 0 aromatic heterocycles. The Bertz CT molecular complexity index is 1560. The number of benzene rings is 3. The van der Waals surface area contributed by atoms with Gasteiger partial charge in [0.15, 0.2) is 11.5 Å². The minimum atomic E-state index is -1.00. The van der Waals surface area contributed by atoms with Gasteiger partial charge in [0.25, 0.3) is 0 Å². The second kappa shape index (κ2) is 19.1. The highest BCUT2D eigenvalue weighted by Gasteiger charge is 2.28. The molecule has 8 nitrogen and oxygen atoms in total. The van der Waals surface area contributed by atoms with Crippen LogP contribution < -0.4 is 9.47 Å². The Morgan fingerprint density at radius 3 is 1.94 bits per heavy atom. The van der Waals surface area contributed by atoms with E-state index in [1.54, 1.807) is 19.9 Å². The van der Waals surface area contributed by atoms with Crippen molar-refractivity contribution in [2.45, 2.75) is 65.2 Å². The summed E-state index contributed by atoms with van der Waals surface area (Å²) >= 11 is 0. The van der Waals surface area contributed by atoms with Gasteiger partial charge in [-0.05, 0) is 111 Å². The molecule has 0 spiro atoms. The number of hydrogen-bond donors (Lipinski definition) is 2. The van der Waals surface area contributed by atoms with Gasteiger partial charge in [-0.25, -0.2) is 4.79 Å². The molecule has 0 saturated heterocycles. The molecule has 0 atom stereocenters. The highest BCUT2D eigenvalue weighted by molar-refractivity contribution is 5.87. The predicted molar refractivity (Wildman–Crippen MR) is 196 cm³/mol. The van der Waals surface area contributed by atoms with Gasteiger partial charge >= 0.3 is 11.9 Å². The molecule has 1 saturated carbocycles. The van der Waals surface area contributed by atoms with E-state index in [-0.39, 0.29) is 38.6 Å². The normalized spacial score (nSPS) is 16.2. The zero-order valence-electron chi connectivity index (χ0n) is 29.7. The fourth-order valence-electron chi connectivity index (χ4n) is 6.00. The molecule has 1 fully saturated rings. The molecule has 0 unspecified atom stereocenters. The van der Waals surface area contributed by atoms with Crippen LogP contribution in [-0.4, -0.2) is 61.8 Å². The molecular formula is C42H52O8. The first-order valence-electron chi connectivity index (χ1n) is 17.6. The largest absolute Gasteiger partial charge is 0.486 e. The Hall–Kier alpha value is -4.40. The van der Waals surface area contributed by atoms with Gasteiger partial charge < -0.3 is 29.2 Å². The van der Waals surface area contributed by atoms with Crippen LogP contribution in [0.25, 0.3) is 22.3 Å². The fraction of sp³-hybridized carbons (Fsp3) is 0.429. The first kappa shape index (κ1) is 38.4. The lowest BCUT2D eigenvalue weighted by molar-refractivity contribution is -0.156. The minimum Gasteiger partial charge on any atom is -0.486 e. The van der Waals surface area contributed by atoms with Gasteiger partial charge in [0.2, 0.25) is 0 Å². The number of aliphatic hydroxyl groups is 2. The highest BCUT2D eigenvalue weighted by Crippen LogP contribution is 2.38. The SMILES string of the molecule is C=C(CO)C(=O)OCCOc1cc(-c2ccc(-c3ccc(C4CCC(CC/C=C/C)CC4)cc3)cc2)ccc1OCCOC(=O)C(C)(C)CO. The van der Waals surface area contributed by atoms with Gasteiger partial charge in [-0.2, -0.15) is 0 Å². The summed E-state index contributed by atoms with van der Waals surface area (Å²) in [5.41, 5.74) is 4.59. The number of hydrogen-bond acceptors (Lipinski definition) is 8. The van der Waals surface area contributed by atoms with Crippen LogP contribution in [-0.2, 0) is 19.1 Å². The molecule has 0 heterocycles. The molecule has 0 aliphatic heterocycles. The van der Waals surface area contributed by atoms with Crippen molar-refractivity contribution in [3.8, 4) is 33.8 Å². The molecule has 4 rings (SSSR count). The molecule has 1 aliphatic carbocycles. The molecule has 8 heteroatoms. The van der Waals surface area contributed by atoms with Crippen LogP contribution in [0.3, 0.4) is 0 Å². The van der Waals surface area contributed by atoms with Crippen LogP contribution >= 0.6 is 0 Å². The van der Waals surface area contributed by atoms with Crippen molar-refractivity contribution in [2.75, 3.05) is 39.6 Å². The summed E-state index contributed by atoms with van der Waals surface area (Å²) in [5.74, 6) is 1.14. The van der Waals surface area contributed by atoms with E-state index in [1.807, 2.05) is 12.1 Å². The second-order valence-corrected chi connectivity index (χ2v) is 13.5. The number of allylic oxidation sites excluding steroid dienone is 2. The van der Waals surface area contributed by atoms with Gasteiger partial charge in [-0.1, -0.05) is 73.3 Å². The minimum absolute atomic E-state index is 0.00890. The predicted octanol–water partition coefficient (Wildman–Crippen LogP) is 8.06. The molecule has 2 N–H and O–H groups in total. The van der Waals surface area contributed by atoms with Gasteiger partial charge in [-0.15, -0.1) is 0 Å². The number of rotatable bonds is 18. The van der Waals surface area contributed by atoms with Crippen LogP contribution in [0.1, 0.15) is 70.8 Å². The zero-order valence-corrected chi connectivity index (χ0v) is 29.7. The van der Waals surface area contributed by atoms with E-state index < -0.39 is 24.0 Å². The molecule has 268 valence electrons. The Morgan fingerprint density at radius 1 is 0.780 bits per heavy atom. The summed E-state index contributed by atoms with van der Waals surface area (Å²) < 4.78 is 22.2. The Balaban J connectivity index is 1.40. The van der Waals surface area contributed by atoms with Crippen LogP contribution in [0, 0.1) is 11.3 Å². The summed E-state index contributed by atoms with van der Waals surface area (Å²) in [7, 11) is 0. The molecule has 0 radical (unpaired) electrons. The third kappa shape index (κ3) is 11.1. The van der Waals surface area contributed by atoms with Crippen LogP contribution in [0.5, 0.6) is 11.5 Å². The quantitative estimate of drug-likeness (QED) is 0.0599. The number of carbonyl (C=O) groups is 2. The van der Waals surface area contributed by atoms with Crippen molar-refractivity contribution in [2.24, 2.45) is 11.3 Å². The number of esters is 2. The molecule has 0 amide bonds. The zero-order chi connectivity index (χ0) is 35.9. The maximum Gasteiger partial charge on any atom is 0.335 e. The number of aliphatic hydroxyl groups excluding tert-OH is 2. The standard InChI is InChI=1S/C42H52O8/c1-5-6-7-8-31-9-11-32(12-10-31)33-13-15-34(16-14-33)35-17-19-36(20-18-35)37-21-22-38(47-24-26-50-41(46)42(3,4)29-44)39(27-37)48-23-25-49-40(45)30(2)28-43/h5-6,13-22,27,31-32,43-44H,2,7-12,23-26,28-29H2,1,3-4H3/b6-5+. The lowest BCUT2D eigenvalue weighted by Crippen LogP contribution is -2.31. The van der Waals surface area contributed by atoms with E-state index in [0.29, 0.717) is 17.4 Å². The summed E-state index contributed by atoms with van der Waals surface area (Å²) in [6.07, 6.45) is 12.1. The van der Waals surface area contributed by atoms with E-state index in [2.05, 4.69) is 74.2 Å². The fourth-order valence-corrected chi connectivity index (χ4v) is 6.00. The average molecular weight is 685 g/mol. The van der Waals surface area contributed by atoms with Crippen molar-refractivity contribution in [3.05, 3.63) is 96.6 Å². The maximum absolute atomic E-state index is 12.2. The van der Waals surface area contributed by atoms with Crippen molar-refractivity contribution >= 4 is 11.9 Å². The average Bonchev–Trinajstić information content (AvgIpc) is 3.15. The lowest BCUT2D eigenvalue weighted by Gasteiger charge is -2.28. The second-order valence-electron chi connectivity index (χ2n) is 13.5. The Morgan fingerprint density at radius 2 is 1.34 bits per heavy atom. The Labute approximate surface area is 296 Å². The van der Waals surface area contributed by atoms with E-state index >= 15 is 0 Å². The topological polar surface area (TPSA) is 112 Å². The van der Waals surface area contributed by atoms with E-state index in [0.717, 1.165) is 22.6 Å². The molecule has 3 aromatic carbocycles. The third-order valence-electron chi connectivity index (χ3n) is 9.28. The smallest absolute Gasteiger partial charge is 0.335 e. The highest BCUT2D eigenvalue weighted by atomic mass is 16.6. The van der Waals surface area contributed by atoms with Crippen LogP contribution in [0.4, 0.5) is 0 Å². The third-order valence-corrected chi connectivity index (χ3v) is 9.28. The van der Waals surface area contributed by atoms with Crippen molar-refractivity contribution in [3.63, 3.8) is 0 Å². The van der Waals surface area contributed by atoms with E-state index in [4.69, 9.17) is 24.1 Å². The van der Waals surface area contributed by atoms with Crippen LogP contribution in [0.15, 0.2) is 91.0 Å².